The van der Waals surface area contributed by atoms with Crippen LogP contribution in [0.4, 0.5) is 4.39 Å². The van der Waals surface area contributed by atoms with Crippen LogP contribution >= 0.6 is 0 Å². The van der Waals surface area contributed by atoms with Gasteiger partial charge in [0.05, 0.1) is 23.0 Å². The van der Waals surface area contributed by atoms with Gasteiger partial charge in [-0.25, -0.2) is 12.8 Å². The van der Waals surface area contributed by atoms with Crippen molar-refractivity contribution in [2.45, 2.75) is 51.9 Å². The van der Waals surface area contributed by atoms with Crippen LogP contribution in [-0.4, -0.2) is 49.7 Å². The van der Waals surface area contributed by atoms with Gasteiger partial charge in [-0.15, -0.1) is 13.2 Å². The van der Waals surface area contributed by atoms with E-state index in [4.69, 9.17) is 9.31 Å². The minimum absolute atomic E-state index is 0.230. The maximum absolute atomic E-state index is 14.5. The van der Waals surface area contributed by atoms with Gasteiger partial charge in [0.2, 0.25) is 10.0 Å². The quantitative estimate of drug-likeness (QED) is 0.556. The molecule has 1 unspecified atom stereocenters. The molecule has 0 bridgehead atoms. The third-order valence-corrected chi connectivity index (χ3v) is 7.32. The van der Waals surface area contributed by atoms with E-state index in [1.807, 2.05) is 27.7 Å². The number of amidine groups is 1. The Morgan fingerprint density at radius 2 is 1.75 bits per heavy atom. The Labute approximate surface area is 167 Å². The number of sulfonamides is 1. The number of benzene rings is 1. The van der Waals surface area contributed by atoms with Crippen LogP contribution < -0.4 is 5.46 Å². The lowest BCUT2D eigenvalue weighted by Crippen LogP contribution is -2.41. The summed E-state index contributed by atoms with van der Waals surface area (Å²) < 4.78 is 52.1. The molecule has 1 aromatic rings. The third kappa shape index (κ3) is 4.02. The minimum Gasteiger partial charge on any atom is -0.399 e. The predicted molar refractivity (Wildman–Crippen MR) is 111 cm³/mol. The fourth-order valence-corrected chi connectivity index (χ4v) is 4.29. The topological polar surface area (TPSA) is 68.2 Å². The number of halogens is 1. The van der Waals surface area contributed by atoms with E-state index in [2.05, 4.69) is 18.2 Å². The number of rotatable bonds is 2. The van der Waals surface area contributed by atoms with Crippen LogP contribution in [-0.2, 0) is 19.3 Å². The average molecular weight is 410 g/mol. The van der Waals surface area contributed by atoms with Crippen LogP contribution in [0.3, 0.4) is 0 Å². The summed E-state index contributed by atoms with van der Waals surface area (Å²) in [5, 5.41) is 0. The lowest BCUT2D eigenvalue weighted by atomic mass is 9.78. The summed E-state index contributed by atoms with van der Waals surface area (Å²) in [7, 11) is -2.72. The maximum Gasteiger partial charge on any atom is 0.494 e. The van der Waals surface area contributed by atoms with Gasteiger partial charge in [0.25, 0.3) is 0 Å². The van der Waals surface area contributed by atoms with Crippen molar-refractivity contribution < 1.29 is 22.1 Å². The van der Waals surface area contributed by atoms with E-state index >= 15 is 0 Å². The fraction of sp³-hybridized carbons (Fsp3) is 0.526. The Bertz CT molecular complexity index is 870. The predicted octanol–water partition coefficient (Wildman–Crippen LogP) is 2.66. The molecule has 1 aromatic carbocycles. The average Bonchev–Trinajstić information content (AvgIpc) is 2.82. The number of hydrogen-bond acceptors (Lipinski definition) is 5. The first-order valence-corrected chi connectivity index (χ1v) is 10.6. The Balaban J connectivity index is 0.00000136. The van der Waals surface area contributed by atoms with Crippen LogP contribution in [0, 0.1) is 5.82 Å². The van der Waals surface area contributed by atoms with E-state index in [9.17, 15) is 12.8 Å². The first-order valence-electron chi connectivity index (χ1n) is 9.00. The zero-order chi connectivity index (χ0) is 21.5. The van der Waals surface area contributed by atoms with Crippen LogP contribution in [0.1, 0.15) is 46.2 Å². The number of aliphatic imine (C=N–C) groups is 1. The minimum atomic E-state index is -3.52. The SMILES string of the molecule is C=C.CC1=NC(c2cc(B3OC(C)(C)C(C)(C)O3)ccc2F)CS(=O)(=O)N1C. The first-order chi connectivity index (χ1) is 12.8. The van der Waals surface area contributed by atoms with Crippen molar-refractivity contribution in [2.75, 3.05) is 12.8 Å². The molecule has 9 heteroatoms. The van der Waals surface area contributed by atoms with Crippen molar-refractivity contribution in [2.24, 2.45) is 4.99 Å². The van der Waals surface area contributed by atoms with Crippen LogP contribution in [0.2, 0.25) is 0 Å². The van der Waals surface area contributed by atoms with E-state index in [0.29, 0.717) is 11.3 Å². The summed E-state index contributed by atoms with van der Waals surface area (Å²) in [6.07, 6.45) is 0. The first kappa shape index (κ1) is 22.6. The van der Waals surface area contributed by atoms with Gasteiger partial charge in [0.15, 0.2) is 0 Å². The summed E-state index contributed by atoms with van der Waals surface area (Å²) >= 11 is 0. The molecule has 2 aliphatic heterocycles. The van der Waals surface area contributed by atoms with Gasteiger partial charge in [-0.1, -0.05) is 12.1 Å². The molecule has 2 heterocycles. The zero-order valence-electron chi connectivity index (χ0n) is 17.3. The van der Waals surface area contributed by atoms with Gasteiger partial charge in [-0.05, 0) is 46.1 Å². The van der Waals surface area contributed by atoms with Crippen molar-refractivity contribution in [1.82, 2.24) is 4.31 Å². The van der Waals surface area contributed by atoms with Crippen molar-refractivity contribution in [1.29, 1.82) is 0 Å². The second-order valence-electron chi connectivity index (χ2n) is 7.81. The number of hydrogen-bond donors (Lipinski definition) is 0. The monoisotopic (exact) mass is 410 g/mol. The second kappa shape index (κ2) is 7.61. The summed E-state index contributed by atoms with van der Waals surface area (Å²) in [5.41, 5.74) is -0.159. The van der Waals surface area contributed by atoms with Crippen molar-refractivity contribution >= 4 is 28.4 Å². The molecule has 1 atom stereocenters. The molecular formula is C19H28BFN2O4S. The summed E-state index contributed by atoms with van der Waals surface area (Å²) in [4.78, 5) is 4.36. The van der Waals surface area contributed by atoms with E-state index in [1.54, 1.807) is 19.1 Å². The van der Waals surface area contributed by atoms with Gasteiger partial charge in [0, 0.05) is 12.6 Å². The zero-order valence-corrected chi connectivity index (χ0v) is 18.1. The van der Waals surface area contributed by atoms with Crippen molar-refractivity contribution in [3.05, 3.63) is 42.7 Å². The molecule has 0 N–H and O–H groups in total. The van der Waals surface area contributed by atoms with Gasteiger partial charge in [0.1, 0.15) is 11.7 Å². The van der Waals surface area contributed by atoms with Crippen molar-refractivity contribution in [3.63, 3.8) is 0 Å². The Hall–Kier alpha value is -1.71. The molecule has 28 heavy (non-hydrogen) atoms. The lowest BCUT2D eigenvalue weighted by Gasteiger charge is -2.32. The fourth-order valence-electron chi connectivity index (χ4n) is 2.96. The Kier molecular flexibility index (Phi) is 6.14. The van der Waals surface area contributed by atoms with Gasteiger partial charge >= 0.3 is 7.12 Å². The van der Waals surface area contributed by atoms with E-state index in [0.717, 1.165) is 4.31 Å². The maximum atomic E-state index is 14.5. The van der Waals surface area contributed by atoms with Crippen LogP contribution in [0.5, 0.6) is 0 Å². The molecule has 3 rings (SSSR count). The molecule has 0 radical (unpaired) electrons. The highest BCUT2D eigenvalue weighted by atomic mass is 32.2. The summed E-state index contributed by atoms with van der Waals surface area (Å²) in [5.74, 6) is -0.432. The normalized spacial score (nSPS) is 25.0. The van der Waals surface area contributed by atoms with E-state index in [1.165, 1.54) is 13.1 Å². The second-order valence-corrected chi connectivity index (χ2v) is 9.85. The molecule has 1 fully saturated rings. The van der Waals surface area contributed by atoms with Crippen molar-refractivity contribution in [3.8, 4) is 0 Å². The highest BCUT2D eigenvalue weighted by molar-refractivity contribution is 7.89. The molecule has 154 valence electrons. The Morgan fingerprint density at radius 3 is 2.25 bits per heavy atom. The van der Waals surface area contributed by atoms with Gasteiger partial charge in [-0.3, -0.25) is 9.30 Å². The molecule has 6 nitrogen and oxygen atoms in total. The largest absolute Gasteiger partial charge is 0.494 e. The molecular weight excluding hydrogens is 382 g/mol. The van der Waals surface area contributed by atoms with Gasteiger partial charge < -0.3 is 9.31 Å². The molecule has 0 aromatic heterocycles. The highest BCUT2D eigenvalue weighted by Gasteiger charge is 2.51. The molecule has 0 saturated carbocycles. The summed E-state index contributed by atoms with van der Waals surface area (Å²) in [6.45, 7) is 15.4. The molecule has 0 spiro atoms. The smallest absolute Gasteiger partial charge is 0.399 e. The molecule has 2 aliphatic rings. The van der Waals surface area contributed by atoms with Crippen LogP contribution in [0.25, 0.3) is 0 Å². The third-order valence-electron chi connectivity index (χ3n) is 5.49. The standard InChI is InChI=1S/C17H24BFN2O4S.C2H4/c1-11-20-15(10-26(22,23)21(11)6)13-9-12(7-8-14(13)19)18-24-16(2,3)17(4,5)25-18;1-2/h7-9,15H,10H2,1-6H3;1-2H2. The number of nitrogens with zero attached hydrogens (tertiary/aromatic N) is 2. The van der Waals surface area contributed by atoms with E-state index < -0.39 is 40.2 Å². The molecule has 1 saturated heterocycles. The summed E-state index contributed by atoms with van der Waals surface area (Å²) in [6, 6.07) is 3.71. The highest BCUT2D eigenvalue weighted by Crippen LogP contribution is 2.37. The Morgan fingerprint density at radius 1 is 1.21 bits per heavy atom. The van der Waals surface area contributed by atoms with Crippen LogP contribution in [0.15, 0.2) is 36.3 Å². The molecule has 0 aliphatic carbocycles. The lowest BCUT2D eigenvalue weighted by molar-refractivity contribution is 0.00578. The van der Waals surface area contributed by atoms with Gasteiger partial charge in [-0.2, -0.15) is 0 Å². The van der Waals surface area contributed by atoms with E-state index in [-0.39, 0.29) is 11.3 Å². The molecule has 0 amide bonds.